The SMILES string of the molecule is COCCCCCCCc1cc(C)ccc1OC. The second kappa shape index (κ2) is 8.98. The number of aryl methyl sites for hydroxylation is 2. The Labute approximate surface area is 111 Å². The number of rotatable bonds is 9. The zero-order valence-electron chi connectivity index (χ0n) is 12.0. The van der Waals surface area contributed by atoms with Crippen molar-refractivity contribution in [3.8, 4) is 5.75 Å². The highest BCUT2D eigenvalue weighted by Gasteiger charge is 2.02. The molecule has 0 radical (unpaired) electrons. The second-order valence-electron chi connectivity index (χ2n) is 4.83. The van der Waals surface area contributed by atoms with E-state index in [0.29, 0.717) is 0 Å². The van der Waals surface area contributed by atoms with Gasteiger partial charge < -0.3 is 9.47 Å². The Balaban J connectivity index is 2.24. The molecule has 0 heterocycles. The zero-order chi connectivity index (χ0) is 13.2. The predicted molar refractivity (Wildman–Crippen MR) is 76.4 cm³/mol. The third kappa shape index (κ3) is 5.54. The summed E-state index contributed by atoms with van der Waals surface area (Å²) in [7, 11) is 3.52. The smallest absolute Gasteiger partial charge is 0.122 e. The highest BCUT2D eigenvalue weighted by Crippen LogP contribution is 2.22. The molecular formula is C16H26O2. The van der Waals surface area contributed by atoms with E-state index >= 15 is 0 Å². The maximum absolute atomic E-state index is 5.39. The Kier molecular flexibility index (Phi) is 7.51. The van der Waals surface area contributed by atoms with Crippen LogP contribution in [0.25, 0.3) is 0 Å². The summed E-state index contributed by atoms with van der Waals surface area (Å²) in [6, 6.07) is 6.42. The van der Waals surface area contributed by atoms with Crippen molar-refractivity contribution in [3.05, 3.63) is 29.3 Å². The van der Waals surface area contributed by atoms with Crippen molar-refractivity contribution >= 4 is 0 Å². The van der Waals surface area contributed by atoms with Gasteiger partial charge in [0.2, 0.25) is 0 Å². The Morgan fingerprint density at radius 1 is 0.944 bits per heavy atom. The summed E-state index contributed by atoms with van der Waals surface area (Å²) >= 11 is 0. The number of hydrogen-bond donors (Lipinski definition) is 0. The topological polar surface area (TPSA) is 18.5 Å². The first kappa shape index (κ1) is 15.0. The molecule has 0 aliphatic rings. The van der Waals surface area contributed by atoms with Gasteiger partial charge in [-0.25, -0.2) is 0 Å². The summed E-state index contributed by atoms with van der Waals surface area (Å²) in [6.07, 6.45) is 7.42. The lowest BCUT2D eigenvalue weighted by Gasteiger charge is -2.09. The third-order valence-corrected chi connectivity index (χ3v) is 3.23. The van der Waals surface area contributed by atoms with Crippen LogP contribution in [-0.2, 0) is 11.2 Å². The number of ether oxygens (including phenoxy) is 2. The van der Waals surface area contributed by atoms with E-state index in [4.69, 9.17) is 9.47 Å². The summed E-state index contributed by atoms with van der Waals surface area (Å²) in [4.78, 5) is 0. The molecule has 0 aliphatic carbocycles. The van der Waals surface area contributed by atoms with Gasteiger partial charge in [0.05, 0.1) is 7.11 Å². The average molecular weight is 250 g/mol. The van der Waals surface area contributed by atoms with Crippen LogP contribution < -0.4 is 4.74 Å². The minimum atomic E-state index is 0.895. The van der Waals surface area contributed by atoms with Crippen LogP contribution >= 0.6 is 0 Å². The molecular weight excluding hydrogens is 224 g/mol. The number of hydrogen-bond acceptors (Lipinski definition) is 2. The monoisotopic (exact) mass is 250 g/mol. The molecule has 18 heavy (non-hydrogen) atoms. The first-order chi connectivity index (χ1) is 8.77. The van der Waals surface area contributed by atoms with Crippen molar-refractivity contribution in [1.82, 2.24) is 0 Å². The fourth-order valence-corrected chi connectivity index (χ4v) is 2.19. The molecule has 1 rings (SSSR count). The summed E-state index contributed by atoms with van der Waals surface area (Å²) in [6.45, 7) is 3.03. The van der Waals surface area contributed by atoms with E-state index in [1.807, 2.05) is 0 Å². The van der Waals surface area contributed by atoms with E-state index < -0.39 is 0 Å². The Morgan fingerprint density at radius 2 is 1.67 bits per heavy atom. The lowest BCUT2D eigenvalue weighted by Crippen LogP contribution is -1.94. The lowest BCUT2D eigenvalue weighted by atomic mass is 10.0. The van der Waals surface area contributed by atoms with Gasteiger partial charge in [-0.05, 0) is 37.8 Å². The van der Waals surface area contributed by atoms with Crippen LogP contribution in [0.3, 0.4) is 0 Å². The van der Waals surface area contributed by atoms with Gasteiger partial charge in [-0.2, -0.15) is 0 Å². The maximum atomic E-state index is 5.39. The average Bonchev–Trinajstić information content (AvgIpc) is 2.38. The molecule has 102 valence electrons. The predicted octanol–water partition coefficient (Wildman–Crippen LogP) is 4.14. The zero-order valence-corrected chi connectivity index (χ0v) is 12.0. The molecule has 0 unspecified atom stereocenters. The van der Waals surface area contributed by atoms with Gasteiger partial charge in [0.15, 0.2) is 0 Å². The molecule has 1 aromatic rings. The highest BCUT2D eigenvalue weighted by atomic mass is 16.5. The van der Waals surface area contributed by atoms with Crippen LogP contribution in [-0.4, -0.2) is 20.8 Å². The molecule has 0 aliphatic heterocycles. The minimum absolute atomic E-state index is 0.895. The van der Waals surface area contributed by atoms with Crippen LogP contribution in [0.15, 0.2) is 18.2 Å². The Hall–Kier alpha value is -1.02. The summed E-state index contributed by atoms with van der Waals surface area (Å²) in [5.74, 6) is 1.03. The van der Waals surface area contributed by atoms with Gasteiger partial charge in [0, 0.05) is 13.7 Å². The summed E-state index contributed by atoms with van der Waals surface area (Å²) in [5, 5.41) is 0. The van der Waals surface area contributed by atoms with Crippen molar-refractivity contribution in [2.24, 2.45) is 0 Å². The van der Waals surface area contributed by atoms with Crippen LogP contribution in [0, 0.1) is 6.92 Å². The van der Waals surface area contributed by atoms with Gasteiger partial charge in [-0.1, -0.05) is 37.0 Å². The molecule has 2 heteroatoms. The van der Waals surface area contributed by atoms with Crippen molar-refractivity contribution in [3.63, 3.8) is 0 Å². The lowest BCUT2D eigenvalue weighted by molar-refractivity contribution is 0.192. The largest absolute Gasteiger partial charge is 0.496 e. The minimum Gasteiger partial charge on any atom is -0.496 e. The number of benzene rings is 1. The molecule has 0 bridgehead atoms. The number of methoxy groups -OCH3 is 2. The molecule has 0 fully saturated rings. The van der Waals surface area contributed by atoms with Gasteiger partial charge in [-0.15, -0.1) is 0 Å². The fraction of sp³-hybridized carbons (Fsp3) is 0.625. The molecule has 0 amide bonds. The molecule has 0 aromatic heterocycles. The van der Waals surface area contributed by atoms with E-state index in [-0.39, 0.29) is 0 Å². The van der Waals surface area contributed by atoms with E-state index in [1.54, 1.807) is 14.2 Å². The molecule has 0 saturated heterocycles. The molecule has 0 atom stereocenters. The highest BCUT2D eigenvalue weighted by molar-refractivity contribution is 5.36. The number of unbranched alkanes of at least 4 members (excludes halogenated alkanes) is 4. The van der Waals surface area contributed by atoms with Crippen LogP contribution in [0.5, 0.6) is 5.75 Å². The standard InChI is InChI=1S/C16H26O2/c1-14-10-11-16(18-3)15(13-14)9-7-5-4-6-8-12-17-2/h10-11,13H,4-9,12H2,1-3H3. The van der Waals surface area contributed by atoms with Gasteiger partial charge in [0.1, 0.15) is 5.75 Å². The second-order valence-corrected chi connectivity index (χ2v) is 4.83. The van der Waals surface area contributed by atoms with Crippen molar-refractivity contribution in [2.45, 2.75) is 45.4 Å². The quantitative estimate of drug-likeness (QED) is 0.613. The summed E-state index contributed by atoms with van der Waals surface area (Å²) in [5.41, 5.74) is 2.65. The fourth-order valence-electron chi connectivity index (χ4n) is 2.19. The molecule has 0 N–H and O–H groups in total. The third-order valence-electron chi connectivity index (χ3n) is 3.23. The Bertz CT molecular complexity index is 334. The van der Waals surface area contributed by atoms with Crippen LogP contribution in [0.2, 0.25) is 0 Å². The van der Waals surface area contributed by atoms with E-state index in [0.717, 1.165) is 18.8 Å². The molecule has 2 nitrogen and oxygen atoms in total. The van der Waals surface area contributed by atoms with Crippen molar-refractivity contribution in [2.75, 3.05) is 20.8 Å². The van der Waals surface area contributed by atoms with E-state index in [2.05, 4.69) is 25.1 Å². The first-order valence-corrected chi connectivity index (χ1v) is 6.90. The van der Waals surface area contributed by atoms with E-state index in [9.17, 15) is 0 Å². The van der Waals surface area contributed by atoms with Crippen molar-refractivity contribution < 1.29 is 9.47 Å². The molecule has 0 saturated carbocycles. The summed E-state index contributed by atoms with van der Waals surface area (Å²) < 4.78 is 10.4. The van der Waals surface area contributed by atoms with E-state index in [1.165, 1.54) is 43.2 Å². The van der Waals surface area contributed by atoms with Crippen LogP contribution in [0.1, 0.15) is 43.2 Å². The molecule has 1 aromatic carbocycles. The first-order valence-electron chi connectivity index (χ1n) is 6.90. The Morgan fingerprint density at radius 3 is 2.39 bits per heavy atom. The molecule has 0 spiro atoms. The normalized spacial score (nSPS) is 10.6. The van der Waals surface area contributed by atoms with Gasteiger partial charge in [-0.3, -0.25) is 0 Å². The van der Waals surface area contributed by atoms with Gasteiger partial charge in [0.25, 0.3) is 0 Å². The van der Waals surface area contributed by atoms with Crippen LogP contribution in [0.4, 0.5) is 0 Å². The van der Waals surface area contributed by atoms with Crippen molar-refractivity contribution in [1.29, 1.82) is 0 Å². The maximum Gasteiger partial charge on any atom is 0.122 e. The van der Waals surface area contributed by atoms with Gasteiger partial charge >= 0.3 is 0 Å².